The fraction of sp³-hybridized carbons (Fsp3) is 0.917. The van der Waals surface area contributed by atoms with E-state index in [1.165, 1.54) is 83.5 Å². The first kappa shape index (κ1) is 25.9. The predicted molar refractivity (Wildman–Crippen MR) is 120 cm³/mol. The highest BCUT2D eigenvalue weighted by Crippen LogP contribution is 2.13. The molecule has 29 heavy (non-hydrogen) atoms. The minimum atomic E-state index is -0.676. The summed E-state index contributed by atoms with van der Waals surface area (Å²) in [5.74, 6) is -0.463. The van der Waals surface area contributed by atoms with Crippen LogP contribution in [0.5, 0.6) is 0 Å². The molecule has 1 fully saturated rings. The Morgan fingerprint density at radius 2 is 1.31 bits per heavy atom. The number of aliphatic carboxylic acids is 1. The van der Waals surface area contributed by atoms with Gasteiger partial charge in [-0.05, 0) is 32.2 Å². The van der Waals surface area contributed by atoms with Crippen LogP contribution in [0.25, 0.3) is 0 Å². The average Bonchev–Trinajstić information content (AvgIpc) is 2.71. The summed E-state index contributed by atoms with van der Waals surface area (Å²) in [4.78, 5) is 22.6. The molecule has 1 saturated heterocycles. The zero-order valence-electron chi connectivity index (χ0n) is 18.7. The van der Waals surface area contributed by atoms with Crippen molar-refractivity contribution in [3.8, 4) is 0 Å². The van der Waals surface area contributed by atoms with Crippen molar-refractivity contribution >= 4 is 11.9 Å². The molecule has 1 atom stereocenters. The number of carboxylic acids is 1. The smallest absolute Gasteiger partial charge is 0.303 e. The molecular weight excluding hydrogens is 364 g/mol. The minimum Gasteiger partial charge on any atom is -0.481 e. The van der Waals surface area contributed by atoms with E-state index >= 15 is 0 Å². The summed E-state index contributed by atoms with van der Waals surface area (Å²) in [6.07, 6.45) is 22.6. The van der Waals surface area contributed by atoms with E-state index in [-0.39, 0.29) is 12.1 Å². The molecule has 0 aliphatic carbocycles. The fourth-order valence-electron chi connectivity index (χ4n) is 4.10. The van der Waals surface area contributed by atoms with Gasteiger partial charge in [0, 0.05) is 12.8 Å². The van der Waals surface area contributed by atoms with Crippen molar-refractivity contribution in [1.82, 2.24) is 10.6 Å². The van der Waals surface area contributed by atoms with Gasteiger partial charge in [-0.25, -0.2) is 0 Å². The molecule has 0 radical (unpaired) electrons. The zero-order valence-corrected chi connectivity index (χ0v) is 18.7. The van der Waals surface area contributed by atoms with Crippen LogP contribution in [0, 0.1) is 0 Å². The molecule has 3 N–H and O–H groups in total. The third kappa shape index (κ3) is 17.5. The third-order valence-electron chi connectivity index (χ3n) is 5.94. The number of hydrogen-bond donors (Lipinski definition) is 3. The van der Waals surface area contributed by atoms with Crippen molar-refractivity contribution < 1.29 is 14.7 Å². The van der Waals surface area contributed by atoms with Gasteiger partial charge in [0.15, 0.2) is 0 Å². The summed E-state index contributed by atoms with van der Waals surface area (Å²) in [6.45, 7) is 0.986. The summed E-state index contributed by atoms with van der Waals surface area (Å²) in [6, 6.07) is 0. The Balaban J connectivity index is 2.02. The third-order valence-corrected chi connectivity index (χ3v) is 5.94. The fourth-order valence-corrected chi connectivity index (χ4v) is 4.10. The van der Waals surface area contributed by atoms with Crippen LogP contribution < -0.4 is 10.6 Å². The van der Waals surface area contributed by atoms with Gasteiger partial charge in [-0.3, -0.25) is 14.9 Å². The first-order valence-electron chi connectivity index (χ1n) is 12.4. The van der Waals surface area contributed by atoms with Crippen LogP contribution in [0.15, 0.2) is 0 Å². The van der Waals surface area contributed by atoms with Crippen molar-refractivity contribution in [2.75, 3.05) is 6.54 Å². The molecule has 0 aromatic heterocycles. The van der Waals surface area contributed by atoms with Crippen LogP contribution in [-0.2, 0) is 9.59 Å². The van der Waals surface area contributed by atoms with Gasteiger partial charge in [0.2, 0.25) is 5.91 Å². The first-order chi connectivity index (χ1) is 14.2. The monoisotopic (exact) mass is 410 g/mol. The minimum absolute atomic E-state index is 0.147. The first-order valence-corrected chi connectivity index (χ1v) is 12.4. The Bertz CT molecular complexity index is 415. The van der Waals surface area contributed by atoms with E-state index in [9.17, 15) is 9.59 Å². The second-order valence-electron chi connectivity index (χ2n) is 8.77. The Hall–Kier alpha value is -1.10. The number of carbonyl (C=O) groups excluding carboxylic acids is 1. The van der Waals surface area contributed by atoms with E-state index in [4.69, 9.17) is 5.11 Å². The van der Waals surface area contributed by atoms with Crippen LogP contribution in [0.1, 0.15) is 128 Å². The highest BCUT2D eigenvalue weighted by molar-refractivity contribution is 5.76. The molecule has 1 rings (SSSR count). The predicted octanol–water partition coefficient (Wildman–Crippen LogP) is 5.92. The number of rotatable bonds is 13. The maximum absolute atomic E-state index is 12.1. The Kier molecular flexibility index (Phi) is 16.9. The lowest BCUT2D eigenvalue weighted by molar-refractivity contribution is -0.137. The van der Waals surface area contributed by atoms with E-state index in [1.54, 1.807) is 0 Å². The van der Waals surface area contributed by atoms with Crippen LogP contribution in [0.3, 0.4) is 0 Å². The number of carbonyl (C=O) groups is 2. The van der Waals surface area contributed by atoms with Gasteiger partial charge in [0.1, 0.15) is 0 Å². The number of carboxylic acid groups (broad SMARTS) is 1. The summed E-state index contributed by atoms with van der Waals surface area (Å²) < 4.78 is 0. The van der Waals surface area contributed by atoms with Gasteiger partial charge in [-0.1, -0.05) is 89.9 Å². The van der Waals surface area contributed by atoms with E-state index in [0.717, 1.165) is 38.6 Å². The summed E-state index contributed by atoms with van der Waals surface area (Å²) in [5.41, 5.74) is 0. The number of nitrogens with one attached hydrogen (secondary N) is 2. The van der Waals surface area contributed by atoms with Gasteiger partial charge in [-0.15, -0.1) is 0 Å². The lowest BCUT2D eigenvalue weighted by Gasteiger charge is -2.20. The van der Waals surface area contributed by atoms with E-state index in [0.29, 0.717) is 12.8 Å². The van der Waals surface area contributed by atoms with Crippen LogP contribution in [0.2, 0.25) is 0 Å². The zero-order chi connectivity index (χ0) is 21.0. The van der Waals surface area contributed by atoms with Gasteiger partial charge < -0.3 is 10.4 Å². The van der Waals surface area contributed by atoms with Gasteiger partial charge in [0.25, 0.3) is 0 Å². The standard InChI is InChI=1S/C24H46N2O3/c27-23-19-15-11-7-4-3-6-10-14-18-22(26-23)25-21-17-13-9-5-1-2-8-12-16-20-24(28)29/h22,25H,1-21H2,(H,26,27)(H,28,29). The van der Waals surface area contributed by atoms with Crippen molar-refractivity contribution in [3.05, 3.63) is 0 Å². The topological polar surface area (TPSA) is 78.4 Å². The number of amides is 1. The molecule has 1 aliphatic rings. The molecule has 1 aliphatic heterocycles. The molecule has 0 saturated carbocycles. The molecule has 0 aromatic rings. The quantitative estimate of drug-likeness (QED) is 0.329. The molecular formula is C24H46N2O3. The Labute approximate surface area is 178 Å². The molecule has 5 heteroatoms. The summed E-state index contributed by atoms with van der Waals surface area (Å²) in [5, 5.41) is 15.4. The van der Waals surface area contributed by atoms with Crippen molar-refractivity contribution in [3.63, 3.8) is 0 Å². The maximum Gasteiger partial charge on any atom is 0.303 e. The Morgan fingerprint density at radius 1 is 0.793 bits per heavy atom. The lowest BCUT2D eigenvalue weighted by atomic mass is 10.1. The average molecular weight is 411 g/mol. The second kappa shape index (κ2) is 18.9. The van der Waals surface area contributed by atoms with Gasteiger partial charge in [0.05, 0.1) is 6.17 Å². The maximum atomic E-state index is 12.1. The highest BCUT2D eigenvalue weighted by Gasteiger charge is 2.11. The van der Waals surface area contributed by atoms with Crippen molar-refractivity contribution in [2.45, 2.75) is 135 Å². The van der Waals surface area contributed by atoms with E-state index in [1.807, 2.05) is 0 Å². The van der Waals surface area contributed by atoms with Crippen molar-refractivity contribution in [2.24, 2.45) is 0 Å². The number of hydrogen-bond acceptors (Lipinski definition) is 3. The SMILES string of the molecule is O=C(O)CCCCCCCCCCCNC1CCCCCCCCCCC(=O)N1. The molecule has 1 unspecified atom stereocenters. The number of unbranched alkanes of at least 4 members (excludes halogenated alkanes) is 8. The largest absolute Gasteiger partial charge is 0.481 e. The van der Waals surface area contributed by atoms with Crippen LogP contribution in [-0.4, -0.2) is 29.7 Å². The molecule has 0 bridgehead atoms. The Morgan fingerprint density at radius 3 is 1.93 bits per heavy atom. The molecule has 5 nitrogen and oxygen atoms in total. The van der Waals surface area contributed by atoms with Gasteiger partial charge >= 0.3 is 5.97 Å². The van der Waals surface area contributed by atoms with E-state index < -0.39 is 5.97 Å². The molecule has 1 amide bonds. The second-order valence-corrected chi connectivity index (χ2v) is 8.77. The van der Waals surface area contributed by atoms with Gasteiger partial charge in [-0.2, -0.15) is 0 Å². The summed E-state index contributed by atoms with van der Waals surface area (Å²) >= 11 is 0. The van der Waals surface area contributed by atoms with E-state index in [2.05, 4.69) is 10.6 Å². The molecule has 0 aromatic carbocycles. The van der Waals surface area contributed by atoms with Crippen LogP contribution >= 0.6 is 0 Å². The molecule has 1 heterocycles. The highest BCUT2D eigenvalue weighted by atomic mass is 16.4. The lowest BCUT2D eigenvalue weighted by Crippen LogP contribution is -2.45. The molecule has 0 spiro atoms. The normalized spacial score (nSPS) is 19.6. The molecule has 170 valence electrons. The summed E-state index contributed by atoms with van der Waals surface area (Å²) in [7, 11) is 0. The van der Waals surface area contributed by atoms with Crippen molar-refractivity contribution in [1.29, 1.82) is 0 Å². The van der Waals surface area contributed by atoms with Crippen LogP contribution in [0.4, 0.5) is 0 Å².